The number of carbonyl (C=O) groups excluding carboxylic acids is 3. The van der Waals surface area contributed by atoms with Crippen molar-refractivity contribution in [3.05, 3.63) is 65.7 Å². The Balaban J connectivity index is 1.83. The SMILES string of the molecule is NS(=O)(=O)c1ccc(CCNC(=O)CNC(=O)[C@H](NC(=O)CO)c2ccccc2)cc1. The van der Waals surface area contributed by atoms with Gasteiger partial charge in [0.1, 0.15) is 12.6 Å². The lowest BCUT2D eigenvalue weighted by molar-refractivity contribution is -0.131. The lowest BCUT2D eigenvalue weighted by Gasteiger charge is -2.18. The average molecular weight is 449 g/mol. The first-order chi connectivity index (χ1) is 14.7. The molecule has 0 aliphatic carbocycles. The van der Waals surface area contributed by atoms with Gasteiger partial charge in [-0.3, -0.25) is 14.4 Å². The van der Waals surface area contributed by atoms with Crippen molar-refractivity contribution in [1.29, 1.82) is 0 Å². The molecule has 166 valence electrons. The van der Waals surface area contributed by atoms with E-state index in [-0.39, 0.29) is 18.0 Å². The normalized spacial score (nSPS) is 11.9. The van der Waals surface area contributed by atoms with Gasteiger partial charge in [0, 0.05) is 6.54 Å². The maximum atomic E-state index is 12.5. The van der Waals surface area contributed by atoms with Gasteiger partial charge in [-0.1, -0.05) is 42.5 Å². The molecule has 0 bridgehead atoms. The largest absolute Gasteiger partial charge is 0.387 e. The molecule has 3 amide bonds. The van der Waals surface area contributed by atoms with Crippen LogP contribution in [-0.2, 0) is 30.8 Å². The van der Waals surface area contributed by atoms with Gasteiger partial charge < -0.3 is 21.1 Å². The first kappa shape index (κ1) is 24.0. The molecule has 0 heterocycles. The van der Waals surface area contributed by atoms with Gasteiger partial charge >= 0.3 is 0 Å². The summed E-state index contributed by atoms with van der Waals surface area (Å²) in [7, 11) is -3.76. The molecule has 0 saturated heterocycles. The van der Waals surface area contributed by atoms with Crippen LogP contribution in [0.15, 0.2) is 59.5 Å². The molecule has 2 rings (SSSR count). The second-order valence-corrected chi connectivity index (χ2v) is 8.14. The summed E-state index contributed by atoms with van der Waals surface area (Å²) >= 11 is 0. The second kappa shape index (κ2) is 11.2. The van der Waals surface area contributed by atoms with Crippen LogP contribution >= 0.6 is 0 Å². The summed E-state index contributed by atoms with van der Waals surface area (Å²) in [6.45, 7) is -0.802. The van der Waals surface area contributed by atoms with E-state index < -0.39 is 40.4 Å². The molecule has 2 aromatic rings. The number of aliphatic hydroxyl groups excluding tert-OH is 1. The van der Waals surface area contributed by atoms with Gasteiger partial charge in [0.15, 0.2) is 0 Å². The van der Waals surface area contributed by atoms with Crippen molar-refractivity contribution in [3.8, 4) is 0 Å². The number of nitrogens with two attached hydrogens (primary N) is 1. The van der Waals surface area contributed by atoms with E-state index in [9.17, 15) is 22.8 Å². The molecule has 0 saturated carbocycles. The molecule has 2 aromatic carbocycles. The van der Waals surface area contributed by atoms with Crippen molar-refractivity contribution >= 4 is 27.7 Å². The molecule has 6 N–H and O–H groups in total. The molecule has 0 radical (unpaired) electrons. The third-order valence-corrected chi connectivity index (χ3v) is 5.18. The Morgan fingerprint density at radius 2 is 1.58 bits per heavy atom. The van der Waals surface area contributed by atoms with Crippen LogP contribution in [0.2, 0.25) is 0 Å². The van der Waals surface area contributed by atoms with E-state index in [1.165, 1.54) is 12.1 Å². The number of primary sulfonamides is 1. The fourth-order valence-corrected chi connectivity index (χ4v) is 3.19. The molecule has 0 unspecified atom stereocenters. The van der Waals surface area contributed by atoms with E-state index >= 15 is 0 Å². The summed E-state index contributed by atoms with van der Waals surface area (Å²) in [5, 5.41) is 21.5. The zero-order valence-corrected chi connectivity index (χ0v) is 17.4. The first-order valence-electron chi connectivity index (χ1n) is 9.32. The van der Waals surface area contributed by atoms with Crippen LogP contribution in [0, 0.1) is 0 Å². The van der Waals surface area contributed by atoms with Gasteiger partial charge in [0.05, 0.1) is 11.4 Å². The highest BCUT2D eigenvalue weighted by Gasteiger charge is 2.22. The summed E-state index contributed by atoms with van der Waals surface area (Å²) < 4.78 is 22.5. The van der Waals surface area contributed by atoms with Crippen LogP contribution in [0.3, 0.4) is 0 Å². The third-order valence-electron chi connectivity index (χ3n) is 4.25. The minimum atomic E-state index is -3.76. The maximum absolute atomic E-state index is 12.5. The Morgan fingerprint density at radius 1 is 0.935 bits per heavy atom. The standard InChI is InChI=1S/C20H24N4O6S/c21-31(29,30)16-8-6-14(7-9-16)10-11-22-17(26)12-23-20(28)19(24-18(27)13-25)15-4-2-1-3-5-15/h1-9,19,25H,10-13H2,(H,22,26)(H,23,28)(H,24,27)(H2,21,29,30)/t19-/m1/s1. The van der Waals surface area contributed by atoms with E-state index in [0.717, 1.165) is 5.56 Å². The molecule has 0 fully saturated rings. The number of aliphatic hydroxyl groups is 1. The molecule has 11 heteroatoms. The molecule has 0 spiro atoms. The highest BCUT2D eigenvalue weighted by molar-refractivity contribution is 7.89. The van der Waals surface area contributed by atoms with Gasteiger partial charge in [0.25, 0.3) is 0 Å². The fraction of sp³-hybridized carbons (Fsp3) is 0.250. The molecule has 10 nitrogen and oxygen atoms in total. The highest BCUT2D eigenvalue weighted by Crippen LogP contribution is 2.12. The Kier molecular flexibility index (Phi) is 8.67. The Morgan fingerprint density at radius 3 is 2.16 bits per heavy atom. The number of rotatable bonds is 10. The van der Waals surface area contributed by atoms with Crippen LogP contribution in [-0.4, -0.2) is 50.9 Å². The number of nitrogens with one attached hydrogen (secondary N) is 3. The molecule has 0 aliphatic rings. The topological polar surface area (TPSA) is 168 Å². The second-order valence-electron chi connectivity index (χ2n) is 6.58. The van der Waals surface area contributed by atoms with E-state index in [2.05, 4.69) is 16.0 Å². The molecule has 31 heavy (non-hydrogen) atoms. The van der Waals surface area contributed by atoms with Crippen LogP contribution in [0.5, 0.6) is 0 Å². The number of sulfonamides is 1. The summed E-state index contributed by atoms with van der Waals surface area (Å²) in [6.07, 6.45) is 0.448. The van der Waals surface area contributed by atoms with Crippen molar-refractivity contribution in [1.82, 2.24) is 16.0 Å². The zero-order valence-electron chi connectivity index (χ0n) is 16.6. The van der Waals surface area contributed by atoms with Gasteiger partial charge in [-0.15, -0.1) is 0 Å². The van der Waals surface area contributed by atoms with Crippen molar-refractivity contribution in [2.75, 3.05) is 19.7 Å². The first-order valence-corrected chi connectivity index (χ1v) is 10.9. The predicted octanol–water partition coefficient (Wildman–Crippen LogP) is -1.04. The zero-order chi connectivity index (χ0) is 22.9. The number of carbonyl (C=O) groups is 3. The molecule has 0 aromatic heterocycles. The van der Waals surface area contributed by atoms with E-state index in [1.54, 1.807) is 42.5 Å². The van der Waals surface area contributed by atoms with Crippen LogP contribution < -0.4 is 21.1 Å². The maximum Gasteiger partial charge on any atom is 0.247 e. The highest BCUT2D eigenvalue weighted by atomic mass is 32.2. The third kappa shape index (κ3) is 7.81. The number of benzene rings is 2. The van der Waals surface area contributed by atoms with Gasteiger partial charge in [-0.25, -0.2) is 13.6 Å². The van der Waals surface area contributed by atoms with Crippen molar-refractivity contribution in [2.24, 2.45) is 5.14 Å². The van der Waals surface area contributed by atoms with E-state index in [4.69, 9.17) is 10.2 Å². The summed E-state index contributed by atoms with van der Waals surface area (Å²) in [5.41, 5.74) is 1.30. The molecule has 0 aliphatic heterocycles. The summed E-state index contributed by atoms with van der Waals surface area (Å²) in [4.78, 5) is 36.0. The van der Waals surface area contributed by atoms with Crippen LogP contribution in [0.1, 0.15) is 17.2 Å². The van der Waals surface area contributed by atoms with Gasteiger partial charge in [-0.2, -0.15) is 0 Å². The monoisotopic (exact) mass is 448 g/mol. The van der Waals surface area contributed by atoms with E-state index in [0.29, 0.717) is 12.0 Å². The van der Waals surface area contributed by atoms with Gasteiger partial charge in [0.2, 0.25) is 27.7 Å². The Bertz CT molecular complexity index is 1010. The van der Waals surface area contributed by atoms with Crippen molar-refractivity contribution < 1.29 is 27.9 Å². The number of amides is 3. The lowest BCUT2D eigenvalue weighted by Crippen LogP contribution is -2.44. The van der Waals surface area contributed by atoms with Gasteiger partial charge in [-0.05, 0) is 29.7 Å². The lowest BCUT2D eigenvalue weighted by atomic mass is 10.1. The molecule has 1 atom stereocenters. The summed E-state index contributed by atoms with van der Waals surface area (Å²) in [5.74, 6) is -1.75. The Labute approximate surface area is 179 Å². The molecular formula is C20H24N4O6S. The van der Waals surface area contributed by atoms with Crippen LogP contribution in [0.25, 0.3) is 0 Å². The smallest absolute Gasteiger partial charge is 0.247 e. The Hall–Kier alpha value is -3.28. The van der Waals surface area contributed by atoms with Crippen molar-refractivity contribution in [2.45, 2.75) is 17.4 Å². The summed E-state index contributed by atoms with van der Waals surface area (Å²) in [6, 6.07) is 13.4. The van der Waals surface area contributed by atoms with Crippen LogP contribution in [0.4, 0.5) is 0 Å². The van der Waals surface area contributed by atoms with E-state index in [1.807, 2.05) is 0 Å². The average Bonchev–Trinajstić information content (AvgIpc) is 2.76. The number of hydrogen-bond acceptors (Lipinski definition) is 6. The predicted molar refractivity (Wildman–Crippen MR) is 112 cm³/mol. The van der Waals surface area contributed by atoms with Crippen molar-refractivity contribution in [3.63, 3.8) is 0 Å². The number of hydrogen-bond donors (Lipinski definition) is 5. The molecular weight excluding hydrogens is 424 g/mol. The fourth-order valence-electron chi connectivity index (χ4n) is 2.68. The minimum absolute atomic E-state index is 0.00394. The minimum Gasteiger partial charge on any atom is -0.387 e. The quantitative estimate of drug-likeness (QED) is 0.311.